The summed E-state index contributed by atoms with van der Waals surface area (Å²) in [4.78, 5) is 0. The van der Waals surface area contributed by atoms with Crippen molar-refractivity contribution in [2.75, 3.05) is 0 Å². The van der Waals surface area contributed by atoms with Gasteiger partial charge in [0.25, 0.3) is 0 Å². The summed E-state index contributed by atoms with van der Waals surface area (Å²) in [5, 5.41) is 0. The van der Waals surface area contributed by atoms with Crippen LogP contribution in [0.15, 0.2) is 18.2 Å². The summed E-state index contributed by atoms with van der Waals surface area (Å²) < 4.78 is 26.5. The lowest BCUT2D eigenvalue weighted by Crippen LogP contribution is -2.09. The fraction of sp³-hybridized carbons (Fsp3) is 0.647. The van der Waals surface area contributed by atoms with Crippen LogP contribution in [0.3, 0.4) is 0 Å². The second-order valence-corrected chi connectivity index (χ2v) is 5.94. The molecule has 0 fully saturated rings. The molecule has 0 heterocycles. The summed E-state index contributed by atoms with van der Waals surface area (Å²) in [5.74, 6) is 0.422. The molecule has 3 atom stereocenters. The highest BCUT2D eigenvalue weighted by Gasteiger charge is 2.16. The Morgan fingerprint density at radius 2 is 1.47 bits per heavy atom. The first-order valence-electron chi connectivity index (χ1n) is 7.40. The maximum Gasteiger partial charge on any atom is 0.126 e. The first kappa shape index (κ1) is 16.1. The van der Waals surface area contributed by atoms with E-state index in [1.165, 1.54) is 31.4 Å². The first-order valence-corrected chi connectivity index (χ1v) is 7.40. The van der Waals surface area contributed by atoms with E-state index in [2.05, 4.69) is 27.7 Å². The molecule has 1 aromatic carbocycles. The third kappa shape index (κ3) is 5.30. The minimum absolute atomic E-state index is 0.194. The van der Waals surface area contributed by atoms with Gasteiger partial charge < -0.3 is 0 Å². The van der Waals surface area contributed by atoms with E-state index >= 15 is 0 Å². The second kappa shape index (κ2) is 7.62. The summed E-state index contributed by atoms with van der Waals surface area (Å²) >= 11 is 0. The number of hydrogen-bond acceptors (Lipinski definition) is 0. The van der Waals surface area contributed by atoms with Crippen molar-refractivity contribution in [3.8, 4) is 0 Å². The van der Waals surface area contributed by atoms with Crippen LogP contribution >= 0.6 is 0 Å². The van der Waals surface area contributed by atoms with Gasteiger partial charge in [-0.25, -0.2) is 8.78 Å². The van der Waals surface area contributed by atoms with Crippen molar-refractivity contribution >= 4 is 0 Å². The third-order valence-corrected chi connectivity index (χ3v) is 4.16. The van der Waals surface area contributed by atoms with Crippen LogP contribution < -0.4 is 0 Å². The van der Waals surface area contributed by atoms with Crippen molar-refractivity contribution < 1.29 is 8.78 Å². The topological polar surface area (TPSA) is 0 Å². The highest BCUT2D eigenvalue weighted by molar-refractivity contribution is 5.21. The lowest BCUT2D eigenvalue weighted by molar-refractivity contribution is 0.376. The quantitative estimate of drug-likeness (QED) is 0.575. The van der Waals surface area contributed by atoms with Crippen molar-refractivity contribution in [1.82, 2.24) is 0 Å². The zero-order valence-corrected chi connectivity index (χ0v) is 12.5. The molecule has 0 nitrogen and oxygen atoms in total. The summed E-state index contributed by atoms with van der Waals surface area (Å²) in [6.07, 6.45) is 4.79. The normalized spacial score (nSPS) is 16.1. The van der Waals surface area contributed by atoms with E-state index in [4.69, 9.17) is 0 Å². The fourth-order valence-corrected chi connectivity index (χ4v) is 2.60. The zero-order chi connectivity index (χ0) is 14.4. The van der Waals surface area contributed by atoms with Crippen molar-refractivity contribution in [3.05, 3.63) is 35.4 Å². The Morgan fingerprint density at radius 3 is 2.00 bits per heavy atom. The molecular weight excluding hydrogens is 242 g/mol. The minimum Gasteiger partial charge on any atom is -0.207 e. The molecule has 0 saturated carbocycles. The largest absolute Gasteiger partial charge is 0.207 e. The summed E-state index contributed by atoms with van der Waals surface area (Å²) in [6.45, 7) is 8.72. The van der Waals surface area contributed by atoms with Gasteiger partial charge in [-0.2, -0.15) is 0 Å². The number of hydrogen-bond donors (Lipinski definition) is 0. The van der Waals surface area contributed by atoms with Crippen molar-refractivity contribution in [2.24, 2.45) is 11.8 Å². The Morgan fingerprint density at radius 1 is 0.895 bits per heavy atom. The van der Waals surface area contributed by atoms with Gasteiger partial charge >= 0.3 is 0 Å². The van der Waals surface area contributed by atoms with Gasteiger partial charge in [0, 0.05) is 6.07 Å². The third-order valence-electron chi connectivity index (χ3n) is 4.16. The summed E-state index contributed by atoms with van der Waals surface area (Å²) in [6, 6.07) is 3.85. The smallest absolute Gasteiger partial charge is 0.126 e. The average Bonchev–Trinajstić information content (AvgIpc) is 2.34. The van der Waals surface area contributed by atoms with E-state index < -0.39 is 11.6 Å². The van der Waals surface area contributed by atoms with Crippen LogP contribution in [0.2, 0.25) is 0 Å². The van der Waals surface area contributed by atoms with Crippen LogP contribution in [0.4, 0.5) is 8.78 Å². The molecule has 108 valence electrons. The Kier molecular flexibility index (Phi) is 6.47. The molecule has 3 unspecified atom stereocenters. The van der Waals surface area contributed by atoms with E-state index in [0.29, 0.717) is 5.92 Å². The highest BCUT2D eigenvalue weighted by Crippen LogP contribution is 2.30. The molecule has 0 radical (unpaired) electrons. The second-order valence-electron chi connectivity index (χ2n) is 5.94. The molecule has 0 saturated heterocycles. The van der Waals surface area contributed by atoms with Crippen molar-refractivity contribution in [1.29, 1.82) is 0 Å². The van der Waals surface area contributed by atoms with Gasteiger partial charge in [0.2, 0.25) is 0 Å². The van der Waals surface area contributed by atoms with E-state index in [1.807, 2.05) is 0 Å². The SMILES string of the molecule is CCCC(C)CCC(C)C(C)c1cc(F)cc(F)c1. The molecule has 0 bridgehead atoms. The Hall–Kier alpha value is -0.920. The van der Waals surface area contributed by atoms with Crippen LogP contribution in [-0.4, -0.2) is 0 Å². The molecule has 2 heteroatoms. The van der Waals surface area contributed by atoms with E-state index in [-0.39, 0.29) is 5.92 Å². The van der Waals surface area contributed by atoms with Crippen LogP contribution in [0.25, 0.3) is 0 Å². The summed E-state index contributed by atoms with van der Waals surface area (Å²) in [7, 11) is 0. The van der Waals surface area contributed by atoms with E-state index in [0.717, 1.165) is 24.0 Å². The molecule has 0 aliphatic heterocycles. The predicted octanol–water partition coefficient (Wildman–Crippen LogP) is 5.92. The number of benzene rings is 1. The van der Waals surface area contributed by atoms with E-state index in [1.54, 1.807) is 0 Å². The van der Waals surface area contributed by atoms with Crippen molar-refractivity contribution in [3.63, 3.8) is 0 Å². The Balaban J connectivity index is 2.58. The van der Waals surface area contributed by atoms with Gasteiger partial charge in [-0.3, -0.25) is 0 Å². The molecule has 0 aliphatic carbocycles. The molecule has 0 spiro atoms. The van der Waals surface area contributed by atoms with Gasteiger partial charge in [0.15, 0.2) is 0 Å². The molecule has 1 rings (SSSR count). The standard InChI is InChI=1S/C17H26F2/c1-5-6-12(2)7-8-13(3)14(4)15-9-16(18)11-17(19)10-15/h9-14H,5-8H2,1-4H3. The van der Waals surface area contributed by atoms with Crippen molar-refractivity contribution in [2.45, 2.75) is 59.3 Å². The Bertz CT molecular complexity index is 367. The highest BCUT2D eigenvalue weighted by atomic mass is 19.1. The molecule has 0 aromatic heterocycles. The molecule has 19 heavy (non-hydrogen) atoms. The summed E-state index contributed by atoms with van der Waals surface area (Å²) in [5.41, 5.74) is 0.771. The first-order chi connectivity index (χ1) is 8.93. The van der Waals surface area contributed by atoms with Gasteiger partial charge in [0.1, 0.15) is 11.6 Å². The number of halogens is 2. The average molecular weight is 268 g/mol. The van der Waals surface area contributed by atoms with Crippen LogP contribution in [0.5, 0.6) is 0 Å². The van der Waals surface area contributed by atoms with Crippen LogP contribution in [0.1, 0.15) is 64.9 Å². The zero-order valence-electron chi connectivity index (χ0n) is 12.5. The fourth-order valence-electron chi connectivity index (χ4n) is 2.60. The maximum absolute atomic E-state index is 13.2. The van der Waals surface area contributed by atoms with Crippen LogP contribution in [0, 0.1) is 23.5 Å². The van der Waals surface area contributed by atoms with Gasteiger partial charge in [0.05, 0.1) is 0 Å². The maximum atomic E-state index is 13.2. The van der Waals surface area contributed by atoms with E-state index in [9.17, 15) is 8.78 Å². The van der Waals surface area contributed by atoms with Gasteiger partial charge in [-0.05, 0) is 41.9 Å². The molecule has 1 aromatic rings. The van der Waals surface area contributed by atoms with Crippen LogP contribution in [-0.2, 0) is 0 Å². The van der Waals surface area contributed by atoms with Gasteiger partial charge in [-0.1, -0.05) is 47.0 Å². The number of rotatable bonds is 7. The van der Waals surface area contributed by atoms with Gasteiger partial charge in [-0.15, -0.1) is 0 Å². The lowest BCUT2D eigenvalue weighted by atomic mass is 9.83. The molecule has 0 aliphatic rings. The lowest BCUT2D eigenvalue weighted by Gasteiger charge is -2.22. The predicted molar refractivity (Wildman–Crippen MR) is 77.2 cm³/mol. The molecular formula is C17H26F2. The molecule has 0 amide bonds. The monoisotopic (exact) mass is 268 g/mol. The Labute approximate surface area is 116 Å². The minimum atomic E-state index is -0.478. The molecule has 0 N–H and O–H groups in total.